The Bertz CT molecular complexity index is 625. The van der Waals surface area contributed by atoms with Crippen molar-refractivity contribution >= 4 is 16.9 Å². The molecule has 1 aromatic carbocycles. The summed E-state index contributed by atoms with van der Waals surface area (Å²) in [5, 5.41) is 0.438. The molecule has 0 radical (unpaired) electrons. The Balaban J connectivity index is 2.46. The van der Waals surface area contributed by atoms with Gasteiger partial charge in [0.1, 0.15) is 12.2 Å². The number of fused-ring (bicyclic) bond motifs is 1. The first kappa shape index (κ1) is 11.1. The number of benzene rings is 1. The molecule has 0 aliphatic rings. The zero-order valence-corrected chi connectivity index (χ0v) is 9.01. The second-order valence-corrected chi connectivity index (χ2v) is 3.36. The van der Waals surface area contributed by atoms with Gasteiger partial charge in [0.05, 0.1) is 5.39 Å². The van der Waals surface area contributed by atoms with Gasteiger partial charge in [0, 0.05) is 6.07 Å². The topological polar surface area (TPSA) is 56.5 Å². The minimum atomic E-state index is -0.673. The minimum absolute atomic E-state index is 0.0787. The number of carbonyl (C=O) groups is 1. The van der Waals surface area contributed by atoms with Crippen LogP contribution in [0.3, 0.4) is 0 Å². The standard InChI is InChI=1S/C13H10O4/c1-2-7-16-13(15)12-8-10(14)9-5-3-4-6-11(9)17-12/h2-6,8H,1,7H2. The van der Waals surface area contributed by atoms with Gasteiger partial charge in [0.15, 0.2) is 5.43 Å². The Kier molecular flexibility index (Phi) is 3.05. The van der Waals surface area contributed by atoms with Crippen molar-refractivity contribution in [3.05, 3.63) is 59.0 Å². The van der Waals surface area contributed by atoms with Crippen LogP contribution in [-0.4, -0.2) is 12.6 Å². The molecule has 2 rings (SSSR count). The molecule has 0 N–H and O–H groups in total. The van der Waals surface area contributed by atoms with Crippen molar-refractivity contribution in [1.29, 1.82) is 0 Å². The summed E-state index contributed by atoms with van der Waals surface area (Å²) in [6.07, 6.45) is 1.44. The molecule has 1 heterocycles. The number of hydrogen-bond donors (Lipinski definition) is 0. The van der Waals surface area contributed by atoms with E-state index in [4.69, 9.17) is 9.15 Å². The molecule has 0 saturated carbocycles. The molecule has 0 fully saturated rings. The Morgan fingerprint density at radius 1 is 1.41 bits per heavy atom. The molecule has 0 aliphatic heterocycles. The second kappa shape index (κ2) is 4.65. The van der Waals surface area contributed by atoms with Crippen molar-refractivity contribution < 1.29 is 13.9 Å². The number of rotatable bonds is 3. The van der Waals surface area contributed by atoms with Crippen molar-refractivity contribution in [2.45, 2.75) is 0 Å². The summed E-state index contributed by atoms with van der Waals surface area (Å²) < 4.78 is 10.1. The Morgan fingerprint density at radius 3 is 2.94 bits per heavy atom. The summed E-state index contributed by atoms with van der Waals surface area (Å²) in [5.41, 5.74) is 0.1000. The number of carbonyl (C=O) groups excluding carboxylic acids is 1. The summed E-state index contributed by atoms with van der Waals surface area (Å²) in [7, 11) is 0. The van der Waals surface area contributed by atoms with E-state index in [1.165, 1.54) is 6.08 Å². The molecule has 0 saturated heterocycles. The average molecular weight is 230 g/mol. The predicted octanol–water partition coefficient (Wildman–Crippen LogP) is 2.14. The van der Waals surface area contributed by atoms with Crippen LogP contribution in [0, 0.1) is 0 Å². The van der Waals surface area contributed by atoms with E-state index < -0.39 is 5.97 Å². The maximum atomic E-state index is 11.7. The number of para-hydroxylation sites is 1. The van der Waals surface area contributed by atoms with Gasteiger partial charge in [-0.3, -0.25) is 4.79 Å². The van der Waals surface area contributed by atoms with E-state index in [-0.39, 0.29) is 17.8 Å². The van der Waals surface area contributed by atoms with Gasteiger partial charge >= 0.3 is 5.97 Å². The van der Waals surface area contributed by atoms with Crippen molar-refractivity contribution in [1.82, 2.24) is 0 Å². The molecule has 2 aromatic rings. The van der Waals surface area contributed by atoms with Gasteiger partial charge in [0.25, 0.3) is 0 Å². The van der Waals surface area contributed by atoms with Gasteiger partial charge in [-0.25, -0.2) is 4.79 Å². The first-order valence-electron chi connectivity index (χ1n) is 5.03. The Hall–Kier alpha value is -2.36. The summed E-state index contributed by atoms with van der Waals surface area (Å²) in [6.45, 7) is 3.50. The van der Waals surface area contributed by atoms with Gasteiger partial charge < -0.3 is 9.15 Å². The molecule has 4 heteroatoms. The quantitative estimate of drug-likeness (QED) is 0.598. The molecule has 0 amide bonds. The highest BCUT2D eigenvalue weighted by molar-refractivity contribution is 5.88. The average Bonchev–Trinajstić information content (AvgIpc) is 2.36. The number of ether oxygens (including phenoxy) is 1. The lowest BCUT2D eigenvalue weighted by atomic mass is 10.2. The highest BCUT2D eigenvalue weighted by Gasteiger charge is 2.12. The van der Waals surface area contributed by atoms with Crippen LogP contribution in [0.5, 0.6) is 0 Å². The van der Waals surface area contributed by atoms with Gasteiger partial charge in [-0.15, -0.1) is 0 Å². The monoisotopic (exact) mass is 230 g/mol. The van der Waals surface area contributed by atoms with Crippen LogP contribution in [0.15, 0.2) is 52.2 Å². The SMILES string of the molecule is C=CCOC(=O)c1cc(=O)c2ccccc2o1. The highest BCUT2D eigenvalue weighted by Crippen LogP contribution is 2.12. The normalized spacial score (nSPS) is 10.1. The fourth-order valence-electron chi connectivity index (χ4n) is 1.41. The molecular formula is C13H10O4. The van der Waals surface area contributed by atoms with Crippen LogP contribution in [-0.2, 0) is 4.74 Å². The lowest BCUT2D eigenvalue weighted by molar-refractivity contribution is 0.0514. The van der Waals surface area contributed by atoms with Crippen LogP contribution >= 0.6 is 0 Å². The Labute approximate surface area is 97.1 Å². The molecule has 86 valence electrons. The first-order chi connectivity index (χ1) is 8.22. The summed E-state index contributed by atoms with van der Waals surface area (Å²) in [6, 6.07) is 7.86. The Morgan fingerprint density at radius 2 is 2.18 bits per heavy atom. The first-order valence-corrected chi connectivity index (χ1v) is 5.03. The molecule has 4 nitrogen and oxygen atoms in total. The minimum Gasteiger partial charge on any atom is -0.456 e. The maximum Gasteiger partial charge on any atom is 0.374 e. The molecule has 0 bridgehead atoms. The largest absolute Gasteiger partial charge is 0.456 e. The van der Waals surface area contributed by atoms with E-state index in [1.54, 1.807) is 24.3 Å². The van der Waals surface area contributed by atoms with Crippen LogP contribution in [0.25, 0.3) is 11.0 Å². The van der Waals surface area contributed by atoms with Crippen LogP contribution < -0.4 is 5.43 Å². The van der Waals surface area contributed by atoms with Crippen molar-refractivity contribution in [3.63, 3.8) is 0 Å². The fourth-order valence-corrected chi connectivity index (χ4v) is 1.41. The molecule has 0 atom stereocenters. The lowest BCUT2D eigenvalue weighted by Gasteiger charge is -2.02. The smallest absolute Gasteiger partial charge is 0.374 e. The zero-order valence-electron chi connectivity index (χ0n) is 9.01. The number of hydrogen-bond acceptors (Lipinski definition) is 4. The van der Waals surface area contributed by atoms with Gasteiger partial charge in [-0.2, -0.15) is 0 Å². The summed E-state index contributed by atoms with van der Waals surface area (Å²) in [4.78, 5) is 23.2. The van der Waals surface area contributed by atoms with E-state index in [0.717, 1.165) is 6.07 Å². The van der Waals surface area contributed by atoms with Gasteiger partial charge in [0.2, 0.25) is 5.76 Å². The molecular weight excluding hydrogens is 220 g/mol. The molecule has 0 spiro atoms. The molecule has 17 heavy (non-hydrogen) atoms. The maximum absolute atomic E-state index is 11.7. The van der Waals surface area contributed by atoms with E-state index >= 15 is 0 Å². The lowest BCUT2D eigenvalue weighted by Crippen LogP contribution is -2.10. The molecule has 0 aliphatic carbocycles. The number of esters is 1. The van der Waals surface area contributed by atoms with E-state index in [1.807, 2.05) is 0 Å². The van der Waals surface area contributed by atoms with Gasteiger partial charge in [-0.05, 0) is 12.1 Å². The predicted molar refractivity (Wildman–Crippen MR) is 63.0 cm³/mol. The van der Waals surface area contributed by atoms with Crippen molar-refractivity contribution in [2.75, 3.05) is 6.61 Å². The highest BCUT2D eigenvalue weighted by atomic mass is 16.5. The van der Waals surface area contributed by atoms with Crippen molar-refractivity contribution in [2.24, 2.45) is 0 Å². The third-order valence-electron chi connectivity index (χ3n) is 2.17. The van der Waals surface area contributed by atoms with E-state index in [2.05, 4.69) is 6.58 Å². The third-order valence-corrected chi connectivity index (χ3v) is 2.17. The van der Waals surface area contributed by atoms with Gasteiger partial charge in [-0.1, -0.05) is 24.8 Å². The van der Waals surface area contributed by atoms with Crippen LogP contribution in [0.4, 0.5) is 0 Å². The molecule has 0 unspecified atom stereocenters. The van der Waals surface area contributed by atoms with Crippen molar-refractivity contribution in [3.8, 4) is 0 Å². The van der Waals surface area contributed by atoms with Crippen LogP contribution in [0.1, 0.15) is 10.6 Å². The third kappa shape index (κ3) is 2.25. The summed E-state index contributed by atoms with van der Waals surface area (Å²) in [5.74, 6) is -0.775. The zero-order chi connectivity index (χ0) is 12.3. The fraction of sp³-hybridized carbons (Fsp3) is 0.0769. The molecule has 1 aromatic heterocycles. The second-order valence-electron chi connectivity index (χ2n) is 3.36. The van der Waals surface area contributed by atoms with E-state index in [0.29, 0.717) is 11.0 Å². The van der Waals surface area contributed by atoms with E-state index in [9.17, 15) is 9.59 Å². The van der Waals surface area contributed by atoms with Crippen LogP contribution in [0.2, 0.25) is 0 Å². The summed E-state index contributed by atoms with van der Waals surface area (Å²) >= 11 is 0.